The highest BCUT2D eigenvalue weighted by molar-refractivity contribution is 5.34. The van der Waals surface area contributed by atoms with Crippen molar-refractivity contribution in [1.82, 2.24) is 0 Å². The second-order valence-corrected chi connectivity index (χ2v) is 5.70. The van der Waals surface area contributed by atoms with Gasteiger partial charge in [-0.2, -0.15) is 43.9 Å². The molecule has 0 amide bonds. The Balaban J connectivity index is 2.02. The van der Waals surface area contributed by atoms with Gasteiger partial charge >= 0.3 is 24.6 Å². The van der Waals surface area contributed by atoms with Crippen molar-refractivity contribution in [2.75, 3.05) is 0 Å². The van der Waals surface area contributed by atoms with E-state index in [-0.39, 0.29) is 6.42 Å². The predicted octanol–water partition coefficient (Wildman–Crippen LogP) is 6.35. The third kappa shape index (κ3) is 5.67. The summed E-state index contributed by atoms with van der Waals surface area (Å²) in [6.45, 7) is 0. The van der Waals surface area contributed by atoms with Gasteiger partial charge in [0.1, 0.15) is 11.5 Å². The monoisotopic (exact) mass is 436 g/mol. The Morgan fingerprint density at radius 1 is 0.483 bits per heavy atom. The van der Waals surface area contributed by atoms with Crippen LogP contribution in [-0.4, -0.2) is 24.6 Å². The Morgan fingerprint density at radius 3 is 1.00 bits per heavy atom. The van der Waals surface area contributed by atoms with Crippen LogP contribution < -0.4 is 9.47 Å². The summed E-state index contributed by atoms with van der Waals surface area (Å²) in [4.78, 5) is 0. The fourth-order valence-corrected chi connectivity index (χ4v) is 2.00. The Bertz CT molecular complexity index is 739. The van der Waals surface area contributed by atoms with Crippen molar-refractivity contribution in [2.24, 2.45) is 0 Å². The highest BCUT2D eigenvalue weighted by Crippen LogP contribution is 2.38. The average Bonchev–Trinajstić information content (AvgIpc) is 2.56. The molecule has 12 heteroatoms. The van der Waals surface area contributed by atoms with Gasteiger partial charge in [0.25, 0.3) is 0 Å². The molecule has 0 unspecified atom stereocenters. The lowest BCUT2D eigenvalue weighted by molar-refractivity contribution is -0.360. The molecule has 0 spiro atoms. The first-order valence-electron chi connectivity index (χ1n) is 7.56. The van der Waals surface area contributed by atoms with Gasteiger partial charge in [-0.1, -0.05) is 24.3 Å². The summed E-state index contributed by atoms with van der Waals surface area (Å²) in [6.07, 6.45) is -22.5. The lowest BCUT2D eigenvalue weighted by Crippen LogP contribution is -2.41. The molecule has 0 heterocycles. The highest BCUT2D eigenvalue weighted by atomic mass is 19.4. The molecule has 0 saturated carbocycles. The van der Waals surface area contributed by atoms with E-state index in [9.17, 15) is 43.9 Å². The van der Waals surface area contributed by atoms with Crippen LogP contribution in [0.4, 0.5) is 43.9 Å². The number of halogens is 10. The lowest BCUT2D eigenvalue weighted by Gasteiger charge is -2.20. The molecule has 2 rings (SSSR count). The zero-order valence-corrected chi connectivity index (χ0v) is 13.9. The summed E-state index contributed by atoms with van der Waals surface area (Å²) >= 11 is 0. The fourth-order valence-electron chi connectivity index (χ4n) is 2.00. The minimum atomic E-state index is -5.89. The maximum Gasteiger partial charge on any atom is 0.499 e. The molecule has 0 aliphatic heterocycles. The first kappa shape index (κ1) is 22.6. The SMILES string of the molecule is FC(F)(F)C(F)(F)Oc1ccc(Cc2ccc(OC(F)(F)C(F)(F)F)cc2)cc1. The van der Waals surface area contributed by atoms with Crippen LogP contribution in [0.15, 0.2) is 48.5 Å². The first-order valence-corrected chi connectivity index (χ1v) is 7.56. The van der Waals surface area contributed by atoms with E-state index in [0.29, 0.717) is 11.1 Å². The van der Waals surface area contributed by atoms with Gasteiger partial charge in [0, 0.05) is 0 Å². The zero-order valence-electron chi connectivity index (χ0n) is 13.9. The van der Waals surface area contributed by atoms with E-state index >= 15 is 0 Å². The van der Waals surface area contributed by atoms with Crippen molar-refractivity contribution in [3.05, 3.63) is 59.7 Å². The standard InChI is InChI=1S/C17H10F10O2/c18-14(19,20)16(24,25)28-12-5-1-10(2-6-12)9-11-3-7-13(8-4-11)29-17(26,27)15(21,22)23/h1-8H,9H2. The Kier molecular flexibility index (Phi) is 5.96. The molecule has 29 heavy (non-hydrogen) atoms. The Hall–Kier alpha value is -2.66. The summed E-state index contributed by atoms with van der Waals surface area (Å²) in [5.74, 6) is -1.48. The maximum atomic E-state index is 12.8. The molecule has 0 bridgehead atoms. The summed E-state index contributed by atoms with van der Waals surface area (Å²) in [7, 11) is 0. The van der Waals surface area contributed by atoms with E-state index in [4.69, 9.17) is 0 Å². The normalized spacial score (nSPS) is 13.3. The minimum Gasteiger partial charge on any atom is -0.426 e. The lowest BCUT2D eigenvalue weighted by atomic mass is 10.0. The van der Waals surface area contributed by atoms with E-state index in [1.54, 1.807) is 0 Å². The van der Waals surface area contributed by atoms with Crippen molar-refractivity contribution >= 4 is 0 Å². The van der Waals surface area contributed by atoms with Crippen molar-refractivity contribution < 1.29 is 53.4 Å². The summed E-state index contributed by atoms with van der Waals surface area (Å²) < 4.78 is 131. The van der Waals surface area contributed by atoms with Crippen LogP contribution in [-0.2, 0) is 6.42 Å². The van der Waals surface area contributed by atoms with Crippen LogP contribution >= 0.6 is 0 Å². The smallest absolute Gasteiger partial charge is 0.426 e. The molecule has 0 saturated heterocycles. The van der Waals surface area contributed by atoms with Gasteiger partial charge in [0.05, 0.1) is 0 Å². The van der Waals surface area contributed by atoms with Crippen LogP contribution in [0.2, 0.25) is 0 Å². The van der Waals surface area contributed by atoms with Gasteiger partial charge in [-0.25, -0.2) is 0 Å². The van der Waals surface area contributed by atoms with Gasteiger partial charge in [-0.15, -0.1) is 0 Å². The molecule has 0 atom stereocenters. The van der Waals surface area contributed by atoms with Crippen molar-refractivity contribution in [3.63, 3.8) is 0 Å². The molecular weight excluding hydrogens is 426 g/mol. The summed E-state index contributed by atoms with van der Waals surface area (Å²) in [6, 6.07) is 8.22. The second kappa shape index (κ2) is 7.64. The zero-order chi connectivity index (χ0) is 22.1. The molecule has 0 aromatic heterocycles. The molecule has 2 aromatic rings. The van der Waals surface area contributed by atoms with Gasteiger partial charge in [-0.3, -0.25) is 0 Å². The van der Waals surface area contributed by atoms with Crippen LogP contribution in [0.5, 0.6) is 11.5 Å². The summed E-state index contributed by atoms with van der Waals surface area (Å²) in [5.41, 5.74) is 0.837. The predicted molar refractivity (Wildman–Crippen MR) is 79.0 cm³/mol. The first-order chi connectivity index (χ1) is 13.1. The second-order valence-electron chi connectivity index (χ2n) is 5.70. The van der Waals surface area contributed by atoms with E-state index in [1.165, 1.54) is 24.3 Å². The molecule has 0 aliphatic carbocycles. The minimum absolute atomic E-state index is 0.0753. The van der Waals surface area contributed by atoms with Crippen LogP contribution in [0.3, 0.4) is 0 Å². The number of alkyl halides is 10. The number of benzene rings is 2. The van der Waals surface area contributed by atoms with E-state index in [0.717, 1.165) is 24.3 Å². The fraction of sp³-hybridized carbons (Fsp3) is 0.294. The molecule has 0 aliphatic rings. The van der Waals surface area contributed by atoms with Crippen molar-refractivity contribution in [3.8, 4) is 11.5 Å². The van der Waals surface area contributed by atoms with Crippen LogP contribution in [0.1, 0.15) is 11.1 Å². The van der Waals surface area contributed by atoms with Crippen molar-refractivity contribution in [1.29, 1.82) is 0 Å². The molecule has 0 N–H and O–H groups in total. The van der Waals surface area contributed by atoms with Gasteiger partial charge in [-0.05, 0) is 41.8 Å². The molecule has 0 fully saturated rings. The third-order valence-corrected chi connectivity index (χ3v) is 3.41. The van der Waals surface area contributed by atoms with Gasteiger partial charge in [0.2, 0.25) is 0 Å². The molecule has 2 aromatic carbocycles. The molecule has 0 radical (unpaired) electrons. The van der Waals surface area contributed by atoms with Gasteiger partial charge in [0.15, 0.2) is 0 Å². The van der Waals surface area contributed by atoms with Crippen LogP contribution in [0, 0.1) is 0 Å². The quantitative estimate of drug-likeness (QED) is 0.492. The average molecular weight is 436 g/mol. The highest BCUT2D eigenvalue weighted by Gasteiger charge is 2.61. The summed E-state index contributed by atoms with van der Waals surface area (Å²) in [5, 5.41) is 0. The number of ether oxygens (including phenoxy) is 2. The number of hydrogen-bond acceptors (Lipinski definition) is 2. The Labute approximate surface area is 156 Å². The largest absolute Gasteiger partial charge is 0.499 e. The molecular formula is C17H10F10O2. The number of rotatable bonds is 6. The molecule has 2 nitrogen and oxygen atoms in total. The van der Waals surface area contributed by atoms with E-state index in [2.05, 4.69) is 9.47 Å². The van der Waals surface area contributed by atoms with Crippen LogP contribution in [0.25, 0.3) is 0 Å². The third-order valence-electron chi connectivity index (χ3n) is 3.41. The topological polar surface area (TPSA) is 18.5 Å². The van der Waals surface area contributed by atoms with Crippen molar-refractivity contribution in [2.45, 2.75) is 31.0 Å². The number of hydrogen-bond donors (Lipinski definition) is 0. The van der Waals surface area contributed by atoms with E-state index < -0.39 is 36.1 Å². The molecule has 160 valence electrons. The Morgan fingerprint density at radius 2 is 0.759 bits per heavy atom. The van der Waals surface area contributed by atoms with Gasteiger partial charge < -0.3 is 9.47 Å². The van der Waals surface area contributed by atoms with E-state index in [1.807, 2.05) is 0 Å². The maximum absolute atomic E-state index is 12.8.